The molecule has 0 bridgehead atoms. The average Bonchev–Trinajstić information content (AvgIpc) is 2.76. The molecule has 0 amide bonds. The second kappa shape index (κ2) is 6.77. The van der Waals surface area contributed by atoms with Gasteiger partial charge in [-0.05, 0) is 19.2 Å². The molecular weight excluding hydrogens is 315 g/mol. The van der Waals surface area contributed by atoms with E-state index in [1.807, 2.05) is 18.2 Å². The van der Waals surface area contributed by atoms with Crippen molar-refractivity contribution in [2.75, 3.05) is 26.7 Å². The van der Waals surface area contributed by atoms with E-state index in [0.717, 1.165) is 50.3 Å². The lowest BCUT2D eigenvalue weighted by molar-refractivity contribution is -0.0147. The van der Waals surface area contributed by atoms with Crippen LogP contribution in [0.15, 0.2) is 48.5 Å². The molecule has 0 aromatic heterocycles. The molecule has 1 fully saturated rings. The molecule has 0 radical (unpaired) electrons. The average molecular weight is 340 g/mol. The summed E-state index contributed by atoms with van der Waals surface area (Å²) in [5.74, 6) is 0.862. The predicted molar refractivity (Wildman–Crippen MR) is 97.0 cm³/mol. The summed E-state index contributed by atoms with van der Waals surface area (Å²) in [7, 11) is 2.16. The first-order valence-electron chi connectivity index (χ1n) is 9.05. The van der Waals surface area contributed by atoms with Crippen molar-refractivity contribution in [1.82, 2.24) is 9.80 Å². The van der Waals surface area contributed by atoms with Crippen molar-refractivity contribution in [3.05, 3.63) is 65.5 Å². The second-order valence-electron chi connectivity index (χ2n) is 7.43. The molecule has 2 heterocycles. The Hall–Kier alpha value is -1.91. The maximum Gasteiger partial charge on any atom is 0.127 e. The topological polar surface area (TPSA) is 15.7 Å². The van der Waals surface area contributed by atoms with Gasteiger partial charge in [0.1, 0.15) is 17.2 Å². The fourth-order valence-corrected chi connectivity index (χ4v) is 3.97. The lowest BCUT2D eigenvalue weighted by atomic mass is 9.90. The first-order valence-corrected chi connectivity index (χ1v) is 9.05. The van der Waals surface area contributed by atoms with Gasteiger partial charge in [0, 0.05) is 56.7 Å². The highest BCUT2D eigenvalue weighted by atomic mass is 19.1. The summed E-state index contributed by atoms with van der Waals surface area (Å²) < 4.78 is 20.7. The lowest BCUT2D eigenvalue weighted by Gasteiger charge is -2.42. The van der Waals surface area contributed by atoms with Gasteiger partial charge in [-0.3, -0.25) is 4.90 Å². The molecule has 0 unspecified atom stereocenters. The van der Waals surface area contributed by atoms with E-state index in [4.69, 9.17) is 4.74 Å². The van der Waals surface area contributed by atoms with Crippen molar-refractivity contribution in [3.8, 4) is 5.75 Å². The van der Waals surface area contributed by atoms with Crippen molar-refractivity contribution in [2.24, 2.45) is 0 Å². The van der Waals surface area contributed by atoms with Crippen LogP contribution in [0.5, 0.6) is 5.75 Å². The third-order valence-electron chi connectivity index (χ3n) is 5.45. The third kappa shape index (κ3) is 3.55. The van der Waals surface area contributed by atoms with Crippen LogP contribution in [0.2, 0.25) is 0 Å². The van der Waals surface area contributed by atoms with Gasteiger partial charge in [0.25, 0.3) is 0 Å². The Balaban J connectivity index is 1.64. The molecule has 2 aromatic carbocycles. The lowest BCUT2D eigenvalue weighted by Crippen LogP contribution is -2.52. The van der Waals surface area contributed by atoms with Gasteiger partial charge in [-0.25, -0.2) is 4.39 Å². The van der Waals surface area contributed by atoms with Crippen molar-refractivity contribution >= 4 is 0 Å². The number of rotatable bonds is 2. The van der Waals surface area contributed by atoms with Crippen molar-refractivity contribution in [3.63, 3.8) is 0 Å². The van der Waals surface area contributed by atoms with Crippen LogP contribution in [-0.4, -0.2) is 42.1 Å². The maximum absolute atomic E-state index is 14.2. The zero-order chi connectivity index (χ0) is 17.3. The summed E-state index contributed by atoms with van der Waals surface area (Å²) in [6, 6.07) is 15.4. The highest BCUT2D eigenvalue weighted by Crippen LogP contribution is 2.35. The Bertz CT molecular complexity index is 740. The number of halogens is 1. The van der Waals surface area contributed by atoms with Crippen LogP contribution in [0.25, 0.3) is 0 Å². The van der Waals surface area contributed by atoms with Gasteiger partial charge in [0.05, 0.1) is 0 Å². The maximum atomic E-state index is 14.2. The van der Waals surface area contributed by atoms with Gasteiger partial charge >= 0.3 is 0 Å². The molecule has 2 aliphatic rings. The quantitative estimate of drug-likeness (QED) is 0.829. The summed E-state index contributed by atoms with van der Waals surface area (Å²) in [5, 5.41) is 0. The Morgan fingerprint density at radius 2 is 1.76 bits per heavy atom. The van der Waals surface area contributed by atoms with Crippen LogP contribution in [0, 0.1) is 5.82 Å². The molecule has 4 rings (SSSR count). The number of ether oxygens (including phenoxy) is 1. The molecule has 2 aliphatic heterocycles. The van der Waals surface area contributed by atoms with E-state index >= 15 is 0 Å². The van der Waals surface area contributed by atoms with Crippen LogP contribution in [0.3, 0.4) is 0 Å². The van der Waals surface area contributed by atoms with E-state index in [0.29, 0.717) is 6.54 Å². The van der Waals surface area contributed by atoms with Crippen LogP contribution >= 0.6 is 0 Å². The fourth-order valence-electron chi connectivity index (χ4n) is 3.97. The third-order valence-corrected chi connectivity index (χ3v) is 5.45. The number of hydrogen-bond acceptors (Lipinski definition) is 3. The highest BCUT2D eigenvalue weighted by Gasteiger charge is 2.40. The van der Waals surface area contributed by atoms with Crippen LogP contribution in [0.4, 0.5) is 4.39 Å². The molecule has 3 nitrogen and oxygen atoms in total. The second-order valence-corrected chi connectivity index (χ2v) is 7.43. The molecule has 25 heavy (non-hydrogen) atoms. The predicted octanol–water partition coefficient (Wildman–Crippen LogP) is 3.68. The molecule has 4 heteroatoms. The van der Waals surface area contributed by atoms with E-state index in [9.17, 15) is 4.39 Å². The minimum atomic E-state index is -0.176. The van der Waals surface area contributed by atoms with Crippen LogP contribution in [-0.2, 0) is 13.1 Å². The Kier molecular flexibility index (Phi) is 4.48. The number of likely N-dealkylation sites (tertiary alicyclic amines) is 1. The summed E-state index contributed by atoms with van der Waals surface area (Å²) in [5.41, 5.74) is 1.77. The zero-order valence-electron chi connectivity index (χ0n) is 14.7. The molecule has 1 saturated heterocycles. The van der Waals surface area contributed by atoms with Gasteiger partial charge in [-0.1, -0.05) is 36.4 Å². The molecule has 132 valence electrons. The van der Waals surface area contributed by atoms with Gasteiger partial charge in [-0.15, -0.1) is 0 Å². The van der Waals surface area contributed by atoms with Gasteiger partial charge in [0.2, 0.25) is 0 Å². The van der Waals surface area contributed by atoms with E-state index in [2.05, 4.69) is 35.0 Å². The van der Waals surface area contributed by atoms with Crippen molar-refractivity contribution in [2.45, 2.75) is 31.5 Å². The van der Waals surface area contributed by atoms with E-state index in [1.54, 1.807) is 12.1 Å². The van der Waals surface area contributed by atoms with E-state index in [-0.39, 0.29) is 11.4 Å². The number of para-hydroxylation sites is 1. The largest absolute Gasteiger partial charge is 0.486 e. The highest BCUT2D eigenvalue weighted by molar-refractivity contribution is 5.35. The van der Waals surface area contributed by atoms with E-state index < -0.39 is 0 Å². The number of piperidine rings is 1. The van der Waals surface area contributed by atoms with Gasteiger partial charge < -0.3 is 9.64 Å². The monoisotopic (exact) mass is 340 g/mol. The normalized spacial score (nSPS) is 20.7. The molecular formula is C21H25FN2O. The fraction of sp³-hybridized carbons (Fsp3) is 0.429. The summed E-state index contributed by atoms with van der Waals surface area (Å²) >= 11 is 0. The SMILES string of the molecule is CN1CCC2(CC1)CN(Cc1ccccc1F)Cc1ccccc1O2. The molecule has 1 spiro atoms. The van der Waals surface area contributed by atoms with Crippen LogP contribution in [0.1, 0.15) is 24.0 Å². The first-order chi connectivity index (χ1) is 12.1. The number of fused-ring (bicyclic) bond motifs is 1. The molecule has 0 N–H and O–H groups in total. The Morgan fingerprint density at radius 3 is 2.56 bits per heavy atom. The standard InChI is InChI=1S/C21H25FN2O/c1-23-12-10-21(11-13-23)16-24(14-17-6-2-4-8-19(17)22)15-18-7-3-5-9-20(18)25-21/h2-9H,10-16H2,1H3. The number of benzene rings is 2. The Labute approximate surface area is 149 Å². The molecule has 0 aliphatic carbocycles. The summed E-state index contributed by atoms with van der Waals surface area (Å²) in [6.07, 6.45) is 2.01. The number of hydrogen-bond donors (Lipinski definition) is 0. The Morgan fingerprint density at radius 1 is 1.04 bits per heavy atom. The summed E-state index contributed by atoms with van der Waals surface area (Å²) in [4.78, 5) is 4.70. The van der Waals surface area contributed by atoms with Gasteiger partial charge in [-0.2, -0.15) is 0 Å². The number of nitrogens with zero attached hydrogens (tertiary/aromatic N) is 2. The first kappa shape index (κ1) is 16.6. The van der Waals surface area contributed by atoms with Gasteiger partial charge in [0.15, 0.2) is 0 Å². The molecule has 0 saturated carbocycles. The van der Waals surface area contributed by atoms with Crippen molar-refractivity contribution < 1.29 is 9.13 Å². The zero-order valence-corrected chi connectivity index (χ0v) is 14.7. The summed E-state index contributed by atoms with van der Waals surface area (Å²) in [6.45, 7) is 4.32. The van der Waals surface area contributed by atoms with Crippen molar-refractivity contribution in [1.29, 1.82) is 0 Å². The van der Waals surface area contributed by atoms with Crippen LogP contribution < -0.4 is 4.74 Å². The van der Waals surface area contributed by atoms with E-state index in [1.165, 1.54) is 5.56 Å². The minimum Gasteiger partial charge on any atom is -0.486 e. The minimum absolute atomic E-state index is 0.127. The molecule has 0 atom stereocenters. The molecule has 2 aromatic rings. The smallest absolute Gasteiger partial charge is 0.127 e.